The van der Waals surface area contributed by atoms with Gasteiger partial charge in [0.05, 0.1) is 9.94 Å². The first-order valence-electron chi connectivity index (χ1n) is 5.46. The maximum absolute atomic E-state index is 5.88. The van der Waals surface area contributed by atoms with E-state index < -0.39 is 0 Å². The molecule has 0 aromatic carbocycles. The van der Waals surface area contributed by atoms with Crippen LogP contribution in [-0.4, -0.2) is 18.8 Å². The summed E-state index contributed by atoms with van der Waals surface area (Å²) in [5.74, 6) is 0. The largest absolute Gasteiger partial charge is 0.379 e. The second-order valence-electron chi connectivity index (χ2n) is 4.66. The van der Waals surface area contributed by atoms with Crippen LogP contribution < -0.4 is 5.32 Å². The Kier molecular flexibility index (Phi) is 5.25. The second kappa shape index (κ2) is 6.01. The molecule has 0 aliphatic rings. The molecule has 1 N–H and O–H groups in total. The number of halogens is 1. The molecular formula is C12H20ClNOS. The maximum Gasteiger partial charge on any atom is 0.0931 e. The fourth-order valence-corrected chi connectivity index (χ4v) is 2.65. The van der Waals surface area contributed by atoms with Crippen molar-refractivity contribution in [2.45, 2.75) is 45.4 Å². The van der Waals surface area contributed by atoms with Crippen LogP contribution in [0, 0.1) is 0 Å². The second-order valence-corrected chi connectivity index (χ2v) is 6.46. The molecular weight excluding hydrogens is 242 g/mol. The fourth-order valence-electron chi connectivity index (χ4n) is 1.61. The van der Waals surface area contributed by atoms with Crippen LogP contribution >= 0.6 is 22.9 Å². The van der Waals surface area contributed by atoms with Gasteiger partial charge in [-0.2, -0.15) is 0 Å². The van der Waals surface area contributed by atoms with Crippen LogP contribution in [0.25, 0.3) is 0 Å². The highest BCUT2D eigenvalue weighted by Crippen LogP contribution is 2.21. The van der Waals surface area contributed by atoms with Crippen molar-refractivity contribution in [2.75, 3.05) is 7.11 Å². The minimum atomic E-state index is -0.0699. The molecule has 92 valence electrons. The molecule has 16 heavy (non-hydrogen) atoms. The topological polar surface area (TPSA) is 21.3 Å². The minimum Gasteiger partial charge on any atom is -0.379 e. The van der Waals surface area contributed by atoms with E-state index >= 15 is 0 Å². The van der Waals surface area contributed by atoms with Gasteiger partial charge in [-0.15, -0.1) is 11.3 Å². The molecule has 1 unspecified atom stereocenters. The number of rotatable bonds is 6. The predicted octanol–water partition coefficient (Wildman–Crippen LogP) is 3.69. The first kappa shape index (κ1) is 14.0. The summed E-state index contributed by atoms with van der Waals surface area (Å²) >= 11 is 7.50. The Balaban J connectivity index is 2.33. The standard InChI is InChI=1S/C12H20ClNOS/c1-9(7-12(2,3)15-4)14-8-10-5-6-11(13)16-10/h5-6,9,14H,7-8H2,1-4H3. The number of ether oxygens (including phenoxy) is 1. The average molecular weight is 262 g/mol. The van der Waals surface area contributed by atoms with Gasteiger partial charge >= 0.3 is 0 Å². The lowest BCUT2D eigenvalue weighted by Gasteiger charge is -2.27. The highest BCUT2D eigenvalue weighted by Gasteiger charge is 2.19. The Hall–Kier alpha value is -0.0900. The number of methoxy groups -OCH3 is 1. The van der Waals surface area contributed by atoms with Crippen molar-refractivity contribution in [2.24, 2.45) is 0 Å². The smallest absolute Gasteiger partial charge is 0.0931 e. The summed E-state index contributed by atoms with van der Waals surface area (Å²) in [6.07, 6.45) is 0.989. The molecule has 0 saturated heterocycles. The molecule has 0 spiro atoms. The summed E-state index contributed by atoms with van der Waals surface area (Å²) < 4.78 is 6.25. The van der Waals surface area contributed by atoms with E-state index in [1.165, 1.54) is 4.88 Å². The van der Waals surface area contributed by atoms with Crippen LogP contribution in [0.4, 0.5) is 0 Å². The Labute approximate surface area is 107 Å². The fraction of sp³-hybridized carbons (Fsp3) is 0.667. The first-order valence-corrected chi connectivity index (χ1v) is 6.65. The van der Waals surface area contributed by atoms with Crippen LogP contribution in [0.5, 0.6) is 0 Å². The molecule has 1 atom stereocenters. The van der Waals surface area contributed by atoms with E-state index in [1.54, 1.807) is 18.4 Å². The van der Waals surface area contributed by atoms with Crippen LogP contribution in [0.3, 0.4) is 0 Å². The SMILES string of the molecule is COC(C)(C)CC(C)NCc1ccc(Cl)s1. The average Bonchev–Trinajstić information content (AvgIpc) is 2.61. The summed E-state index contributed by atoms with van der Waals surface area (Å²) in [5.41, 5.74) is -0.0699. The van der Waals surface area contributed by atoms with Crippen LogP contribution in [0.2, 0.25) is 4.34 Å². The third-order valence-corrected chi connectivity index (χ3v) is 3.84. The van der Waals surface area contributed by atoms with Crippen molar-refractivity contribution in [3.05, 3.63) is 21.3 Å². The number of hydrogen-bond donors (Lipinski definition) is 1. The Morgan fingerprint density at radius 2 is 2.19 bits per heavy atom. The van der Waals surface area contributed by atoms with E-state index in [1.807, 2.05) is 6.07 Å². The zero-order chi connectivity index (χ0) is 12.2. The minimum absolute atomic E-state index is 0.0699. The van der Waals surface area contributed by atoms with Crippen molar-refractivity contribution in [3.63, 3.8) is 0 Å². The van der Waals surface area contributed by atoms with Gasteiger partial charge in [-0.25, -0.2) is 0 Å². The molecule has 1 aromatic heterocycles. The van der Waals surface area contributed by atoms with Gasteiger partial charge in [-0.1, -0.05) is 11.6 Å². The molecule has 4 heteroatoms. The Bertz CT molecular complexity index is 325. The lowest BCUT2D eigenvalue weighted by Crippen LogP contribution is -2.35. The van der Waals surface area contributed by atoms with Gasteiger partial charge in [-0.3, -0.25) is 0 Å². The van der Waals surface area contributed by atoms with E-state index in [2.05, 4.69) is 32.2 Å². The van der Waals surface area contributed by atoms with E-state index in [9.17, 15) is 0 Å². The van der Waals surface area contributed by atoms with Crippen LogP contribution in [-0.2, 0) is 11.3 Å². The molecule has 0 bridgehead atoms. The summed E-state index contributed by atoms with van der Waals surface area (Å²) in [6.45, 7) is 7.26. The van der Waals surface area contributed by atoms with Gasteiger partial charge in [0.2, 0.25) is 0 Å². The summed E-state index contributed by atoms with van der Waals surface area (Å²) in [4.78, 5) is 1.27. The third kappa shape index (κ3) is 4.83. The molecule has 1 aromatic rings. The summed E-state index contributed by atoms with van der Waals surface area (Å²) in [7, 11) is 1.76. The van der Waals surface area contributed by atoms with E-state index in [4.69, 9.17) is 16.3 Å². The molecule has 2 nitrogen and oxygen atoms in total. The monoisotopic (exact) mass is 261 g/mol. The van der Waals surface area contributed by atoms with Crippen molar-refractivity contribution in [3.8, 4) is 0 Å². The van der Waals surface area contributed by atoms with Gasteiger partial charge in [0, 0.05) is 24.6 Å². The zero-order valence-electron chi connectivity index (χ0n) is 10.3. The molecule has 0 aliphatic carbocycles. The predicted molar refractivity (Wildman–Crippen MR) is 71.3 cm³/mol. The molecule has 1 rings (SSSR count). The summed E-state index contributed by atoms with van der Waals surface area (Å²) in [6, 6.07) is 4.43. The van der Waals surface area contributed by atoms with Crippen molar-refractivity contribution < 1.29 is 4.74 Å². The molecule has 0 saturated carbocycles. The number of hydrogen-bond acceptors (Lipinski definition) is 3. The Morgan fingerprint density at radius 3 is 2.69 bits per heavy atom. The summed E-state index contributed by atoms with van der Waals surface area (Å²) in [5, 5.41) is 3.47. The van der Waals surface area contributed by atoms with Gasteiger partial charge in [0.25, 0.3) is 0 Å². The Morgan fingerprint density at radius 1 is 1.50 bits per heavy atom. The highest BCUT2D eigenvalue weighted by atomic mass is 35.5. The first-order chi connectivity index (χ1) is 7.43. The molecule has 1 heterocycles. The van der Waals surface area contributed by atoms with Crippen molar-refractivity contribution >= 4 is 22.9 Å². The zero-order valence-corrected chi connectivity index (χ0v) is 11.9. The molecule has 0 amide bonds. The van der Waals surface area contributed by atoms with Gasteiger partial charge in [0.15, 0.2) is 0 Å². The van der Waals surface area contributed by atoms with Crippen LogP contribution in [0.15, 0.2) is 12.1 Å². The quantitative estimate of drug-likeness (QED) is 0.843. The lowest BCUT2D eigenvalue weighted by atomic mass is 10.00. The number of thiophene rings is 1. The van der Waals surface area contributed by atoms with Gasteiger partial charge < -0.3 is 10.1 Å². The van der Waals surface area contributed by atoms with Crippen molar-refractivity contribution in [1.82, 2.24) is 5.32 Å². The highest BCUT2D eigenvalue weighted by molar-refractivity contribution is 7.16. The van der Waals surface area contributed by atoms with Gasteiger partial charge in [-0.05, 0) is 39.3 Å². The van der Waals surface area contributed by atoms with E-state index in [-0.39, 0.29) is 5.60 Å². The van der Waals surface area contributed by atoms with Crippen LogP contribution in [0.1, 0.15) is 32.1 Å². The van der Waals surface area contributed by atoms with Crippen molar-refractivity contribution in [1.29, 1.82) is 0 Å². The molecule has 0 fully saturated rings. The maximum atomic E-state index is 5.88. The van der Waals surface area contributed by atoms with E-state index in [0.717, 1.165) is 17.3 Å². The van der Waals surface area contributed by atoms with Gasteiger partial charge in [0.1, 0.15) is 0 Å². The van der Waals surface area contributed by atoms with E-state index in [0.29, 0.717) is 6.04 Å². The third-order valence-electron chi connectivity index (χ3n) is 2.60. The number of nitrogens with one attached hydrogen (secondary N) is 1. The normalized spacial score (nSPS) is 14.1. The molecule has 0 aliphatic heterocycles. The molecule has 0 radical (unpaired) electrons. The lowest BCUT2D eigenvalue weighted by molar-refractivity contribution is 0.00847.